The molecule has 0 spiro atoms. The SMILES string of the molecule is CC(C)c1ccc2c(c1)CCC1C(C)(CN=Cc3ccc(O)cc3O)CCCC21C. The lowest BCUT2D eigenvalue weighted by atomic mass is 9.50. The highest BCUT2D eigenvalue weighted by molar-refractivity contribution is 5.83. The Balaban J connectivity index is 1.59. The topological polar surface area (TPSA) is 52.8 Å². The summed E-state index contributed by atoms with van der Waals surface area (Å²) < 4.78 is 0. The van der Waals surface area contributed by atoms with Gasteiger partial charge in [0.2, 0.25) is 0 Å². The summed E-state index contributed by atoms with van der Waals surface area (Å²) in [6.45, 7) is 10.2. The molecule has 2 aromatic carbocycles. The van der Waals surface area contributed by atoms with E-state index in [9.17, 15) is 10.2 Å². The Kier molecular flexibility index (Phi) is 5.42. The van der Waals surface area contributed by atoms with Crippen molar-refractivity contribution in [1.29, 1.82) is 0 Å². The summed E-state index contributed by atoms with van der Waals surface area (Å²) in [5.74, 6) is 1.33. The molecule has 30 heavy (non-hydrogen) atoms. The highest BCUT2D eigenvalue weighted by Crippen LogP contribution is 2.57. The summed E-state index contributed by atoms with van der Waals surface area (Å²) in [6.07, 6.45) is 7.83. The predicted octanol–water partition coefficient (Wildman–Crippen LogP) is 6.35. The van der Waals surface area contributed by atoms with Crippen LogP contribution in [0.3, 0.4) is 0 Å². The third kappa shape index (κ3) is 3.64. The molecule has 0 bridgehead atoms. The van der Waals surface area contributed by atoms with Crippen LogP contribution in [0, 0.1) is 11.3 Å². The first-order chi connectivity index (χ1) is 14.2. The number of rotatable bonds is 4. The average Bonchev–Trinajstić information content (AvgIpc) is 2.69. The fraction of sp³-hybridized carbons (Fsp3) is 0.519. The van der Waals surface area contributed by atoms with Crippen LogP contribution in [-0.2, 0) is 11.8 Å². The Morgan fingerprint density at radius 3 is 2.63 bits per heavy atom. The third-order valence-electron chi connectivity index (χ3n) is 7.86. The summed E-state index contributed by atoms with van der Waals surface area (Å²) >= 11 is 0. The molecule has 2 aliphatic carbocycles. The molecule has 2 N–H and O–H groups in total. The molecule has 2 aliphatic rings. The van der Waals surface area contributed by atoms with E-state index in [1.165, 1.54) is 37.3 Å². The number of benzene rings is 2. The first-order valence-corrected chi connectivity index (χ1v) is 11.4. The molecule has 3 atom stereocenters. The van der Waals surface area contributed by atoms with Crippen LogP contribution in [0.25, 0.3) is 0 Å². The lowest BCUT2D eigenvalue weighted by Crippen LogP contribution is -2.50. The number of hydrogen-bond donors (Lipinski definition) is 2. The van der Waals surface area contributed by atoms with Gasteiger partial charge < -0.3 is 10.2 Å². The summed E-state index contributed by atoms with van der Waals surface area (Å²) in [4.78, 5) is 4.78. The minimum atomic E-state index is 0.0705. The van der Waals surface area contributed by atoms with Crippen LogP contribution in [0.4, 0.5) is 0 Å². The fourth-order valence-electron chi connectivity index (χ4n) is 6.19. The number of phenolic OH excluding ortho intramolecular Hbond substituents is 2. The minimum absolute atomic E-state index is 0.0705. The Hall–Kier alpha value is -2.29. The number of aliphatic imine (C=N–C) groups is 1. The number of phenols is 2. The van der Waals surface area contributed by atoms with Crippen LogP contribution in [-0.4, -0.2) is 23.0 Å². The van der Waals surface area contributed by atoms with Crippen molar-refractivity contribution in [1.82, 2.24) is 0 Å². The second-order valence-electron chi connectivity index (χ2n) is 10.3. The van der Waals surface area contributed by atoms with Gasteiger partial charge in [-0.3, -0.25) is 4.99 Å². The van der Waals surface area contributed by atoms with Gasteiger partial charge in [0.15, 0.2) is 0 Å². The van der Waals surface area contributed by atoms with Crippen molar-refractivity contribution in [3.63, 3.8) is 0 Å². The number of aromatic hydroxyl groups is 2. The maximum Gasteiger partial charge on any atom is 0.128 e. The van der Waals surface area contributed by atoms with E-state index in [0.29, 0.717) is 17.4 Å². The first-order valence-electron chi connectivity index (χ1n) is 11.4. The molecule has 2 aromatic rings. The van der Waals surface area contributed by atoms with Crippen LogP contribution < -0.4 is 0 Å². The van der Waals surface area contributed by atoms with E-state index >= 15 is 0 Å². The van der Waals surface area contributed by atoms with E-state index in [-0.39, 0.29) is 22.3 Å². The maximum absolute atomic E-state index is 10.0. The highest BCUT2D eigenvalue weighted by atomic mass is 16.3. The lowest BCUT2D eigenvalue weighted by molar-refractivity contribution is 0.0332. The molecule has 0 amide bonds. The highest BCUT2D eigenvalue weighted by Gasteiger charge is 2.51. The van der Waals surface area contributed by atoms with Crippen molar-refractivity contribution in [2.24, 2.45) is 16.3 Å². The zero-order valence-electron chi connectivity index (χ0n) is 18.8. The summed E-state index contributed by atoms with van der Waals surface area (Å²) in [7, 11) is 0. The number of fused-ring (bicyclic) bond motifs is 3. The van der Waals surface area contributed by atoms with Gasteiger partial charge in [-0.2, -0.15) is 0 Å². The maximum atomic E-state index is 10.0. The first kappa shape index (κ1) is 21.0. The van der Waals surface area contributed by atoms with Crippen molar-refractivity contribution < 1.29 is 10.2 Å². The predicted molar refractivity (Wildman–Crippen MR) is 124 cm³/mol. The van der Waals surface area contributed by atoms with Crippen LogP contribution >= 0.6 is 0 Å². The molecule has 0 radical (unpaired) electrons. The van der Waals surface area contributed by atoms with Crippen LogP contribution in [0.2, 0.25) is 0 Å². The summed E-state index contributed by atoms with van der Waals surface area (Å²) in [6, 6.07) is 11.9. The zero-order chi connectivity index (χ0) is 21.5. The Labute approximate surface area is 180 Å². The minimum Gasteiger partial charge on any atom is -0.508 e. The van der Waals surface area contributed by atoms with Crippen molar-refractivity contribution in [2.75, 3.05) is 6.54 Å². The zero-order valence-corrected chi connectivity index (χ0v) is 18.8. The molecule has 3 nitrogen and oxygen atoms in total. The number of hydrogen-bond acceptors (Lipinski definition) is 3. The molecule has 1 fully saturated rings. The van der Waals surface area contributed by atoms with E-state index in [1.54, 1.807) is 29.5 Å². The molecule has 0 saturated heterocycles. The summed E-state index contributed by atoms with van der Waals surface area (Å²) in [5.41, 5.74) is 5.60. The van der Waals surface area contributed by atoms with E-state index in [4.69, 9.17) is 4.99 Å². The monoisotopic (exact) mass is 405 g/mol. The molecule has 4 rings (SSSR count). The third-order valence-corrected chi connectivity index (χ3v) is 7.86. The van der Waals surface area contributed by atoms with E-state index < -0.39 is 0 Å². The molecule has 3 unspecified atom stereocenters. The molecule has 160 valence electrons. The second kappa shape index (κ2) is 7.76. The van der Waals surface area contributed by atoms with Gasteiger partial charge >= 0.3 is 0 Å². The van der Waals surface area contributed by atoms with Crippen LogP contribution in [0.15, 0.2) is 41.4 Å². The smallest absolute Gasteiger partial charge is 0.128 e. The quantitative estimate of drug-likeness (QED) is 0.582. The van der Waals surface area contributed by atoms with E-state index in [1.807, 2.05) is 0 Å². The molecule has 0 aliphatic heterocycles. The standard InChI is InChI=1S/C27H35NO2/c1-18(2)19-7-10-23-20(14-19)8-11-25-26(3,12-5-13-27(23,25)4)17-28-16-21-6-9-22(29)15-24(21)30/h6-7,9-10,14-16,18,25,29-30H,5,8,11-13,17H2,1-4H3. The molecule has 0 aromatic heterocycles. The van der Waals surface area contributed by atoms with Crippen molar-refractivity contribution in [2.45, 2.75) is 71.1 Å². The number of aryl methyl sites for hydroxylation is 1. The van der Waals surface area contributed by atoms with Crippen molar-refractivity contribution in [3.8, 4) is 11.5 Å². The van der Waals surface area contributed by atoms with Gasteiger partial charge in [0, 0.05) is 24.4 Å². The van der Waals surface area contributed by atoms with Crippen LogP contribution in [0.1, 0.15) is 81.5 Å². The van der Waals surface area contributed by atoms with E-state index in [0.717, 1.165) is 13.0 Å². The second-order valence-corrected chi connectivity index (χ2v) is 10.3. The largest absolute Gasteiger partial charge is 0.508 e. The van der Waals surface area contributed by atoms with Crippen molar-refractivity contribution >= 4 is 6.21 Å². The van der Waals surface area contributed by atoms with Gasteiger partial charge in [0.05, 0.1) is 0 Å². The summed E-state index contributed by atoms with van der Waals surface area (Å²) in [5, 5.41) is 19.5. The number of nitrogens with zero attached hydrogens (tertiary/aromatic N) is 1. The van der Waals surface area contributed by atoms with Crippen LogP contribution in [0.5, 0.6) is 11.5 Å². The van der Waals surface area contributed by atoms with Gasteiger partial charge in [-0.25, -0.2) is 0 Å². The lowest BCUT2D eigenvalue weighted by Gasteiger charge is -2.55. The van der Waals surface area contributed by atoms with Gasteiger partial charge in [-0.15, -0.1) is 0 Å². The average molecular weight is 406 g/mol. The molecule has 0 heterocycles. The van der Waals surface area contributed by atoms with Crippen molar-refractivity contribution in [3.05, 3.63) is 58.7 Å². The van der Waals surface area contributed by atoms with Gasteiger partial charge in [-0.05, 0) is 77.2 Å². The Morgan fingerprint density at radius 2 is 1.90 bits per heavy atom. The molecule has 1 saturated carbocycles. The van der Waals surface area contributed by atoms with Gasteiger partial charge in [-0.1, -0.05) is 52.3 Å². The fourth-order valence-corrected chi connectivity index (χ4v) is 6.19. The molecular formula is C27H35NO2. The normalized spacial score (nSPS) is 28.5. The molecular weight excluding hydrogens is 370 g/mol. The van der Waals surface area contributed by atoms with E-state index in [2.05, 4.69) is 45.9 Å². The van der Waals surface area contributed by atoms with Gasteiger partial charge in [0.25, 0.3) is 0 Å². The van der Waals surface area contributed by atoms with Gasteiger partial charge in [0.1, 0.15) is 11.5 Å². The Morgan fingerprint density at radius 1 is 1.10 bits per heavy atom. The molecule has 3 heteroatoms. The Bertz CT molecular complexity index is 963.